The first kappa shape index (κ1) is 12.4. The van der Waals surface area contributed by atoms with E-state index in [0.717, 1.165) is 23.5 Å². The number of aryl methyl sites for hydroxylation is 2. The number of ketones is 1. The van der Waals surface area contributed by atoms with Crippen LogP contribution in [-0.4, -0.2) is 12.9 Å². The summed E-state index contributed by atoms with van der Waals surface area (Å²) in [4.78, 5) is 12.2. The lowest BCUT2D eigenvalue weighted by molar-refractivity contribution is 0.101. The Morgan fingerprint density at radius 1 is 1.28 bits per heavy atom. The first-order valence-corrected chi connectivity index (χ1v) is 5.93. The van der Waals surface area contributed by atoms with Gasteiger partial charge in [-0.15, -0.1) is 0 Å². The molecule has 3 nitrogen and oxygen atoms in total. The number of ether oxygens (including phenoxy) is 1. The summed E-state index contributed by atoms with van der Waals surface area (Å²) in [7, 11) is 1.61. The van der Waals surface area contributed by atoms with Crippen LogP contribution in [0, 0.1) is 6.92 Å². The topological polar surface area (TPSA) is 39.4 Å². The van der Waals surface area contributed by atoms with Gasteiger partial charge in [-0.2, -0.15) is 0 Å². The van der Waals surface area contributed by atoms with Crippen molar-refractivity contribution in [3.63, 3.8) is 0 Å². The monoisotopic (exact) mass is 244 g/mol. The maximum Gasteiger partial charge on any atom is 0.228 e. The molecule has 0 saturated heterocycles. The third-order valence-electron chi connectivity index (χ3n) is 2.89. The molecule has 0 spiro atoms. The number of rotatable bonds is 4. The maximum absolute atomic E-state index is 12.2. The predicted octanol–water partition coefficient (Wildman–Crippen LogP) is 3.39. The highest BCUT2D eigenvalue weighted by molar-refractivity contribution is 6.07. The minimum atomic E-state index is -0.0968. The van der Waals surface area contributed by atoms with Gasteiger partial charge in [0.15, 0.2) is 5.76 Å². The van der Waals surface area contributed by atoms with Crippen LogP contribution in [0.15, 0.2) is 34.7 Å². The molecule has 0 aliphatic rings. The van der Waals surface area contributed by atoms with E-state index in [4.69, 9.17) is 9.15 Å². The fourth-order valence-corrected chi connectivity index (χ4v) is 1.85. The van der Waals surface area contributed by atoms with E-state index >= 15 is 0 Å². The zero-order valence-electron chi connectivity index (χ0n) is 10.8. The Balaban J connectivity index is 2.31. The summed E-state index contributed by atoms with van der Waals surface area (Å²) in [6, 6.07) is 8.92. The summed E-state index contributed by atoms with van der Waals surface area (Å²) in [5, 5.41) is 0. The minimum absolute atomic E-state index is 0.0968. The number of methoxy groups -OCH3 is 1. The molecule has 0 atom stereocenters. The maximum atomic E-state index is 12.2. The number of carbonyl (C=O) groups excluding carboxylic acids is 1. The molecule has 0 aliphatic carbocycles. The molecule has 0 fully saturated rings. The molecule has 1 aromatic heterocycles. The summed E-state index contributed by atoms with van der Waals surface area (Å²) in [6.07, 6.45) is 0.787. The fourth-order valence-electron chi connectivity index (χ4n) is 1.85. The third-order valence-corrected chi connectivity index (χ3v) is 2.89. The zero-order valence-corrected chi connectivity index (χ0v) is 10.8. The van der Waals surface area contributed by atoms with Crippen LogP contribution in [0.25, 0.3) is 0 Å². The van der Waals surface area contributed by atoms with Gasteiger partial charge in [-0.25, -0.2) is 0 Å². The summed E-state index contributed by atoms with van der Waals surface area (Å²) >= 11 is 0. The van der Waals surface area contributed by atoms with Gasteiger partial charge in [0, 0.05) is 12.0 Å². The van der Waals surface area contributed by atoms with Gasteiger partial charge in [-0.1, -0.05) is 6.92 Å². The zero-order chi connectivity index (χ0) is 13.1. The molecule has 18 heavy (non-hydrogen) atoms. The summed E-state index contributed by atoms with van der Waals surface area (Å²) < 4.78 is 10.6. The van der Waals surface area contributed by atoms with Gasteiger partial charge in [0.2, 0.25) is 5.78 Å². The molecule has 1 aromatic carbocycles. The van der Waals surface area contributed by atoms with E-state index in [0.29, 0.717) is 11.3 Å². The Bertz CT molecular complexity index is 567. The van der Waals surface area contributed by atoms with Gasteiger partial charge in [0.25, 0.3) is 0 Å². The summed E-state index contributed by atoms with van der Waals surface area (Å²) in [5.41, 5.74) is 1.55. The first-order valence-electron chi connectivity index (χ1n) is 5.93. The average molecular weight is 244 g/mol. The van der Waals surface area contributed by atoms with Gasteiger partial charge in [0.05, 0.1) is 7.11 Å². The predicted molar refractivity (Wildman–Crippen MR) is 69.2 cm³/mol. The molecule has 0 unspecified atom stereocenters. The van der Waals surface area contributed by atoms with Gasteiger partial charge in [-0.05, 0) is 42.8 Å². The van der Waals surface area contributed by atoms with Crippen LogP contribution >= 0.6 is 0 Å². The van der Waals surface area contributed by atoms with Crippen LogP contribution in [0.5, 0.6) is 5.75 Å². The normalized spacial score (nSPS) is 10.4. The summed E-state index contributed by atoms with van der Waals surface area (Å²) in [6.45, 7) is 3.90. The van der Waals surface area contributed by atoms with Crippen molar-refractivity contribution in [2.24, 2.45) is 0 Å². The lowest BCUT2D eigenvalue weighted by Crippen LogP contribution is -2.00. The molecule has 94 valence electrons. The van der Waals surface area contributed by atoms with E-state index in [1.807, 2.05) is 26.0 Å². The molecular formula is C15H16O3. The molecule has 2 rings (SSSR count). The smallest absolute Gasteiger partial charge is 0.228 e. The van der Waals surface area contributed by atoms with Gasteiger partial charge in [0.1, 0.15) is 11.5 Å². The van der Waals surface area contributed by atoms with Crippen molar-refractivity contribution < 1.29 is 13.9 Å². The van der Waals surface area contributed by atoms with Crippen LogP contribution < -0.4 is 4.74 Å². The van der Waals surface area contributed by atoms with Crippen LogP contribution in [0.3, 0.4) is 0 Å². The number of benzene rings is 1. The average Bonchev–Trinajstić information content (AvgIpc) is 2.86. The van der Waals surface area contributed by atoms with E-state index in [1.54, 1.807) is 25.3 Å². The van der Waals surface area contributed by atoms with E-state index in [-0.39, 0.29) is 5.78 Å². The lowest BCUT2D eigenvalue weighted by atomic mass is 10.1. The molecule has 3 heteroatoms. The number of carbonyl (C=O) groups is 1. The Morgan fingerprint density at radius 3 is 2.61 bits per heavy atom. The molecule has 0 radical (unpaired) electrons. The van der Waals surface area contributed by atoms with Crippen molar-refractivity contribution in [3.05, 3.63) is 53.0 Å². The highest BCUT2D eigenvalue weighted by atomic mass is 16.5. The molecule has 2 aromatic rings. The highest BCUT2D eigenvalue weighted by Gasteiger charge is 2.14. The van der Waals surface area contributed by atoms with Crippen LogP contribution in [0.4, 0.5) is 0 Å². The van der Waals surface area contributed by atoms with Crippen molar-refractivity contribution in [2.45, 2.75) is 20.3 Å². The van der Waals surface area contributed by atoms with Gasteiger partial charge >= 0.3 is 0 Å². The van der Waals surface area contributed by atoms with Crippen LogP contribution in [0.1, 0.15) is 34.4 Å². The molecule has 0 bridgehead atoms. The SMILES string of the molecule is CCc1ccc(C(=O)c2ccc(OC)c(C)c2)o1. The molecule has 0 aliphatic heterocycles. The Morgan fingerprint density at radius 2 is 2.06 bits per heavy atom. The highest BCUT2D eigenvalue weighted by Crippen LogP contribution is 2.21. The molecule has 1 heterocycles. The second-order valence-electron chi connectivity index (χ2n) is 4.13. The summed E-state index contributed by atoms with van der Waals surface area (Å²) in [5.74, 6) is 1.89. The van der Waals surface area contributed by atoms with Gasteiger partial charge < -0.3 is 9.15 Å². The minimum Gasteiger partial charge on any atom is -0.496 e. The first-order chi connectivity index (χ1) is 8.65. The molecule has 0 saturated carbocycles. The van der Waals surface area contributed by atoms with E-state index in [2.05, 4.69) is 0 Å². The third kappa shape index (κ3) is 2.30. The standard InChI is InChI=1S/C15H16O3/c1-4-12-6-8-14(18-12)15(16)11-5-7-13(17-3)10(2)9-11/h5-9H,4H2,1-3H3. The number of furan rings is 1. The number of hydrogen-bond donors (Lipinski definition) is 0. The van der Waals surface area contributed by atoms with Crippen LogP contribution in [-0.2, 0) is 6.42 Å². The Labute approximate surface area is 106 Å². The lowest BCUT2D eigenvalue weighted by Gasteiger charge is -2.05. The Hall–Kier alpha value is -2.03. The molecular weight excluding hydrogens is 228 g/mol. The van der Waals surface area contributed by atoms with Crippen molar-refractivity contribution in [1.29, 1.82) is 0 Å². The van der Waals surface area contributed by atoms with E-state index in [9.17, 15) is 4.79 Å². The largest absolute Gasteiger partial charge is 0.496 e. The van der Waals surface area contributed by atoms with Crippen molar-refractivity contribution >= 4 is 5.78 Å². The van der Waals surface area contributed by atoms with E-state index in [1.165, 1.54) is 0 Å². The van der Waals surface area contributed by atoms with Gasteiger partial charge in [-0.3, -0.25) is 4.79 Å². The van der Waals surface area contributed by atoms with Crippen LogP contribution in [0.2, 0.25) is 0 Å². The molecule has 0 amide bonds. The van der Waals surface area contributed by atoms with Crippen molar-refractivity contribution in [3.8, 4) is 5.75 Å². The quantitative estimate of drug-likeness (QED) is 0.774. The van der Waals surface area contributed by atoms with E-state index < -0.39 is 0 Å². The van der Waals surface area contributed by atoms with Crippen molar-refractivity contribution in [2.75, 3.05) is 7.11 Å². The second-order valence-corrected chi connectivity index (χ2v) is 4.13. The fraction of sp³-hybridized carbons (Fsp3) is 0.267. The Kier molecular flexibility index (Phi) is 3.51. The van der Waals surface area contributed by atoms with Crippen molar-refractivity contribution in [1.82, 2.24) is 0 Å². The molecule has 0 N–H and O–H groups in total. The second kappa shape index (κ2) is 5.08. The number of hydrogen-bond acceptors (Lipinski definition) is 3.